The first kappa shape index (κ1) is 11.7. The smallest absolute Gasteiger partial charge is 0.243 e. The van der Waals surface area contributed by atoms with Crippen LogP contribution in [0.3, 0.4) is 0 Å². The second kappa shape index (κ2) is 4.40. The molecule has 4 nitrogen and oxygen atoms in total. The van der Waals surface area contributed by atoms with Crippen molar-refractivity contribution in [2.45, 2.75) is 17.9 Å². The number of rotatable bonds is 2. The molecule has 0 radical (unpaired) electrons. The average molecular weight is 263 g/mol. The highest BCUT2D eigenvalue weighted by atomic mass is 32.2. The highest BCUT2D eigenvalue weighted by molar-refractivity contribution is 8.01. The van der Waals surface area contributed by atoms with E-state index in [2.05, 4.69) is 0 Å². The van der Waals surface area contributed by atoms with Gasteiger partial charge in [0.05, 0.1) is 23.8 Å². The molecule has 2 saturated heterocycles. The number of aliphatic hydroxyl groups is 1. The molecule has 2 aliphatic rings. The summed E-state index contributed by atoms with van der Waals surface area (Å²) in [4.78, 5) is 25.5. The van der Waals surface area contributed by atoms with Crippen molar-refractivity contribution in [3.8, 4) is 0 Å². The highest BCUT2D eigenvalue weighted by Gasteiger charge is 2.54. The summed E-state index contributed by atoms with van der Waals surface area (Å²) in [5, 5.41) is 9.37. The number of imide groups is 1. The summed E-state index contributed by atoms with van der Waals surface area (Å²) in [6, 6.07) is 9.43. The third-order valence-corrected chi connectivity index (χ3v) is 4.82. The molecule has 94 valence electrons. The molecule has 3 rings (SSSR count). The zero-order valence-electron chi connectivity index (χ0n) is 9.65. The lowest BCUT2D eigenvalue weighted by atomic mass is 10.0. The van der Waals surface area contributed by atoms with E-state index in [9.17, 15) is 14.7 Å². The summed E-state index contributed by atoms with van der Waals surface area (Å²) in [7, 11) is 0. The summed E-state index contributed by atoms with van der Waals surface area (Å²) in [5.41, 5.74) is 0.929. The van der Waals surface area contributed by atoms with Crippen molar-refractivity contribution in [2.24, 2.45) is 5.92 Å². The maximum atomic E-state index is 12.1. The average Bonchev–Trinajstić information content (AvgIpc) is 2.87. The molecule has 18 heavy (non-hydrogen) atoms. The molecule has 1 aromatic carbocycles. The van der Waals surface area contributed by atoms with Crippen LogP contribution in [0.4, 0.5) is 0 Å². The van der Waals surface area contributed by atoms with Gasteiger partial charge in [-0.15, -0.1) is 11.8 Å². The van der Waals surface area contributed by atoms with Gasteiger partial charge >= 0.3 is 0 Å². The minimum Gasteiger partial charge on any atom is -0.391 e. The van der Waals surface area contributed by atoms with Gasteiger partial charge in [0.25, 0.3) is 0 Å². The molecule has 0 spiro atoms. The summed E-state index contributed by atoms with van der Waals surface area (Å²) in [6.45, 7) is 0.304. The van der Waals surface area contributed by atoms with Gasteiger partial charge in [0.15, 0.2) is 0 Å². The Morgan fingerprint density at radius 2 is 1.94 bits per heavy atom. The second-order valence-corrected chi connectivity index (χ2v) is 5.77. The van der Waals surface area contributed by atoms with E-state index < -0.39 is 12.0 Å². The topological polar surface area (TPSA) is 57.6 Å². The summed E-state index contributed by atoms with van der Waals surface area (Å²) < 4.78 is 0. The molecule has 2 fully saturated rings. The Morgan fingerprint density at radius 3 is 2.61 bits per heavy atom. The second-order valence-electron chi connectivity index (χ2n) is 4.60. The number of benzene rings is 1. The molecule has 5 heteroatoms. The largest absolute Gasteiger partial charge is 0.391 e. The Bertz CT molecular complexity index is 490. The molecule has 0 bridgehead atoms. The number of carbonyl (C=O) groups is 2. The first-order valence-electron chi connectivity index (χ1n) is 5.87. The molecule has 2 aliphatic heterocycles. The minimum absolute atomic E-state index is 0.157. The summed E-state index contributed by atoms with van der Waals surface area (Å²) in [5.74, 6) is -0.445. The van der Waals surface area contributed by atoms with Crippen LogP contribution in [0, 0.1) is 5.92 Å². The summed E-state index contributed by atoms with van der Waals surface area (Å²) in [6.07, 6.45) is -0.683. The lowest BCUT2D eigenvalue weighted by Crippen LogP contribution is -2.33. The Labute approximate surface area is 109 Å². The molecule has 0 aromatic heterocycles. The van der Waals surface area contributed by atoms with Gasteiger partial charge in [-0.05, 0) is 5.56 Å². The van der Waals surface area contributed by atoms with Crippen molar-refractivity contribution in [3.63, 3.8) is 0 Å². The molecule has 1 N–H and O–H groups in total. The van der Waals surface area contributed by atoms with Crippen LogP contribution in [0.25, 0.3) is 0 Å². The van der Waals surface area contributed by atoms with Crippen molar-refractivity contribution >= 4 is 23.6 Å². The molecule has 1 aromatic rings. The van der Waals surface area contributed by atoms with Crippen molar-refractivity contribution in [3.05, 3.63) is 35.9 Å². The van der Waals surface area contributed by atoms with Gasteiger partial charge in [0.1, 0.15) is 0 Å². The fraction of sp³-hybridized carbons (Fsp3) is 0.385. The van der Waals surface area contributed by atoms with Crippen LogP contribution in [0.5, 0.6) is 0 Å². The van der Waals surface area contributed by atoms with E-state index in [0.29, 0.717) is 12.3 Å². The predicted octanol–water partition coefficient (Wildman–Crippen LogP) is 0.648. The van der Waals surface area contributed by atoms with Crippen LogP contribution in [-0.4, -0.2) is 38.9 Å². The van der Waals surface area contributed by atoms with Crippen molar-refractivity contribution in [2.75, 3.05) is 5.75 Å². The molecule has 2 heterocycles. The highest BCUT2D eigenvalue weighted by Crippen LogP contribution is 2.40. The van der Waals surface area contributed by atoms with Gasteiger partial charge in [-0.1, -0.05) is 30.3 Å². The number of thioether (sulfide) groups is 1. The van der Waals surface area contributed by atoms with Crippen LogP contribution in [0.2, 0.25) is 0 Å². The van der Waals surface area contributed by atoms with E-state index in [0.717, 1.165) is 5.56 Å². The molecule has 0 aliphatic carbocycles. The fourth-order valence-electron chi connectivity index (χ4n) is 2.49. The lowest BCUT2D eigenvalue weighted by molar-refractivity contribution is -0.140. The van der Waals surface area contributed by atoms with E-state index in [-0.39, 0.29) is 17.1 Å². The zero-order valence-corrected chi connectivity index (χ0v) is 10.5. The van der Waals surface area contributed by atoms with Crippen LogP contribution in [0.15, 0.2) is 30.3 Å². The number of hydrogen-bond donors (Lipinski definition) is 1. The van der Waals surface area contributed by atoms with Gasteiger partial charge in [0, 0.05) is 5.75 Å². The van der Waals surface area contributed by atoms with E-state index in [1.54, 1.807) is 0 Å². The number of likely N-dealkylation sites (tertiary alicyclic amines) is 1. The fourth-order valence-corrected chi connectivity index (χ4v) is 3.88. The molecule has 0 saturated carbocycles. The van der Waals surface area contributed by atoms with E-state index in [4.69, 9.17) is 0 Å². The quantitative estimate of drug-likeness (QED) is 0.796. The van der Waals surface area contributed by atoms with Crippen LogP contribution >= 0.6 is 11.8 Å². The Balaban J connectivity index is 1.82. The van der Waals surface area contributed by atoms with Gasteiger partial charge in [0.2, 0.25) is 11.8 Å². The van der Waals surface area contributed by atoms with E-state index in [1.165, 1.54) is 16.7 Å². The number of hydrogen-bond acceptors (Lipinski definition) is 4. The molecular formula is C13H13NO3S. The number of amides is 2. The maximum absolute atomic E-state index is 12.1. The first-order valence-corrected chi connectivity index (χ1v) is 6.92. The van der Waals surface area contributed by atoms with Gasteiger partial charge in [-0.25, -0.2) is 0 Å². The first-order chi connectivity index (χ1) is 8.68. The van der Waals surface area contributed by atoms with Gasteiger partial charge < -0.3 is 5.11 Å². The molecule has 0 unspecified atom stereocenters. The monoisotopic (exact) mass is 263 g/mol. The Kier molecular flexibility index (Phi) is 2.87. The molecule has 2 amide bonds. The number of carbonyl (C=O) groups excluding carboxylic acids is 2. The molecule has 3 atom stereocenters. The van der Waals surface area contributed by atoms with E-state index in [1.807, 2.05) is 30.3 Å². The lowest BCUT2D eigenvalue weighted by Gasteiger charge is -2.16. The van der Waals surface area contributed by atoms with Crippen LogP contribution in [0.1, 0.15) is 5.56 Å². The number of fused-ring (bicyclic) bond motifs is 1. The molecular weight excluding hydrogens is 250 g/mol. The number of aliphatic hydroxyl groups excluding tert-OH is 1. The van der Waals surface area contributed by atoms with Crippen molar-refractivity contribution in [1.82, 2.24) is 4.90 Å². The Morgan fingerprint density at radius 1 is 1.22 bits per heavy atom. The predicted molar refractivity (Wildman–Crippen MR) is 67.7 cm³/mol. The Hall–Kier alpha value is -1.33. The van der Waals surface area contributed by atoms with Crippen molar-refractivity contribution < 1.29 is 14.7 Å². The van der Waals surface area contributed by atoms with Crippen molar-refractivity contribution in [1.29, 1.82) is 0 Å². The normalized spacial score (nSPS) is 30.9. The van der Waals surface area contributed by atoms with Crippen LogP contribution < -0.4 is 0 Å². The van der Waals surface area contributed by atoms with Gasteiger partial charge in [-0.3, -0.25) is 14.5 Å². The number of nitrogens with zero attached hydrogens (tertiary/aromatic N) is 1. The standard InChI is InChI=1S/C13H13NO3S/c15-9-7-18-11-10(9)12(16)14(13(11)17)6-8-4-2-1-3-5-8/h1-5,9-11,15H,6-7H2/t9-,10+,11-/m1/s1. The third kappa shape index (κ3) is 1.74. The minimum atomic E-state index is -0.683. The van der Waals surface area contributed by atoms with Gasteiger partial charge in [-0.2, -0.15) is 0 Å². The third-order valence-electron chi connectivity index (χ3n) is 3.43. The SMILES string of the molecule is O=C1[C@H]2[C@H](O)CS[C@H]2C(=O)N1Cc1ccccc1. The van der Waals surface area contributed by atoms with E-state index >= 15 is 0 Å². The zero-order chi connectivity index (χ0) is 12.7. The summed E-state index contributed by atoms with van der Waals surface area (Å²) >= 11 is 1.39. The maximum Gasteiger partial charge on any atom is 0.243 e. The van der Waals surface area contributed by atoms with Crippen LogP contribution in [-0.2, 0) is 16.1 Å².